The Balaban J connectivity index is 3.44. The van der Waals surface area contributed by atoms with Crippen molar-refractivity contribution in [1.29, 1.82) is 0 Å². The second-order valence-corrected chi connectivity index (χ2v) is 4.85. The molecule has 0 heterocycles. The standard InChI is InChI=1S/C15H17ClFNO/c1-5-18-15(14(9(2)3)10(4)19)12-7-6-11(17)8-13(12)16/h5-8,15H,1-4H3. The molecular weight excluding hydrogens is 265 g/mol. The third-order valence-electron chi connectivity index (χ3n) is 2.75. The summed E-state index contributed by atoms with van der Waals surface area (Å²) in [6.45, 7) is 6.98. The Morgan fingerprint density at radius 3 is 2.42 bits per heavy atom. The molecule has 0 saturated heterocycles. The van der Waals surface area contributed by atoms with Crippen molar-refractivity contribution in [2.75, 3.05) is 0 Å². The smallest absolute Gasteiger partial charge is 0.158 e. The van der Waals surface area contributed by atoms with Crippen LogP contribution in [0.2, 0.25) is 5.02 Å². The van der Waals surface area contributed by atoms with Gasteiger partial charge >= 0.3 is 0 Å². The van der Waals surface area contributed by atoms with E-state index in [1.165, 1.54) is 19.1 Å². The lowest BCUT2D eigenvalue weighted by molar-refractivity contribution is -0.113. The molecule has 0 saturated carbocycles. The van der Waals surface area contributed by atoms with Crippen LogP contribution in [0.25, 0.3) is 0 Å². The summed E-state index contributed by atoms with van der Waals surface area (Å²) in [7, 11) is 0. The normalized spacial score (nSPS) is 12.5. The van der Waals surface area contributed by atoms with Crippen molar-refractivity contribution in [1.82, 2.24) is 0 Å². The summed E-state index contributed by atoms with van der Waals surface area (Å²) in [5, 5.41) is 0.274. The lowest BCUT2D eigenvalue weighted by Crippen LogP contribution is -2.10. The molecule has 102 valence electrons. The maximum Gasteiger partial charge on any atom is 0.158 e. The molecule has 0 bridgehead atoms. The molecule has 0 radical (unpaired) electrons. The zero-order valence-electron chi connectivity index (χ0n) is 11.5. The fraction of sp³-hybridized carbons (Fsp3) is 0.333. The van der Waals surface area contributed by atoms with Crippen LogP contribution in [0, 0.1) is 5.82 Å². The van der Waals surface area contributed by atoms with Crippen LogP contribution < -0.4 is 0 Å². The van der Waals surface area contributed by atoms with Gasteiger partial charge in [0, 0.05) is 10.6 Å². The van der Waals surface area contributed by atoms with E-state index in [4.69, 9.17) is 11.6 Å². The Labute approximate surface area is 118 Å². The zero-order chi connectivity index (χ0) is 14.6. The van der Waals surface area contributed by atoms with Gasteiger partial charge in [-0.05, 0) is 51.6 Å². The fourth-order valence-corrected chi connectivity index (χ4v) is 2.27. The van der Waals surface area contributed by atoms with E-state index in [0.717, 1.165) is 5.57 Å². The van der Waals surface area contributed by atoms with Gasteiger partial charge in [-0.2, -0.15) is 0 Å². The number of rotatable bonds is 4. The quantitative estimate of drug-likeness (QED) is 0.589. The molecule has 0 aliphatic rings. The number of Topliss-reactive ketones (excluding diaryl/α,β-unsaturated/α-hetero) is 1. The highest BCUT2D eigenvalue weighted by molar-refractivity contribution is 6.31. The minimum absolute atomic E-state index is 0.0593. The van der Waals surface area contributed by atoms with E-state index in [1.54, 1.807) is 19.2 Å². The number of nitrogens with zero attached hydrogens (tertiary/aromatic N) is 1. The minimum atomic E-state index is -0.486. The van der Waals surface area contributed by atoms with E-state index in [9.17, 15) is 9.18 Å². The first-order valence-corrected chi connectivity index (χ1v) is 6.37. The molecule has 0 aliphatic heterocycles. The van der Waals surface area contributed by atoms with E-state index < -0.39 is 11.9 Å². The number of hydrogen-bond acceptors (Lipinski definition) is 2. The summed E-state index contributed by atoms with van der Waals surface area (Å²) < 4.78 is 13.1. The third kappa shape index (κ3) is 3.74. The first kappa shape index (κ1) is 15.6. The van der Waals surface area contributed by atoms with Crippen LogP contribution in [0.4, 0.5) is 4.39 Å². The van der Waals surface area contributed by atoms with Gasteiger partial charge in [0.2, 0.25) is 0 Å². The molecule has 0 aromatic heterocycles. The molecule has 1 unspecified atom stereocenters. The summed E-state index contributed by atoms with van der Waals surface area (Å²) in [5.74, 6) is -0.467. The monoisotopic (exact) mass is 281 g/mol. The van der Waals surface area contributed by atoms with Crippen molar-refractivity contribution in [2.45, 2.75) is 33.7 Å². The van der Waals surface area contributed by atoms with E-state index in [0.29, 0.717) is 11.1 Å². The zero-order valence-corrected chi connectivity index (χ0v) is 12.3. The van der Waals surface area contributed by atoms with Gasteiger partial charge in [0.25, 0.3) is 0 Å². The Morgan fingerprint density at radius 1 is 1.37 bits per heavy atom. The highest BCUT2D eigenvalue weighted by Crippen LogP contribution is 2.33. The van der Waals surface area contributed by atoms with Crippen LogP contribution in [0.5, 0.6) is 0 Å². The van der Waals surface area contributed by atoms with E-state index in [2.05, 4.69) is 4.99 Å². The summed E-state index contributed by atoms with van der Waals surface area (Å²) in [6, 6.07) is 3.64. The highest BCUT2D eigenvalue weighted by atomic mass is 35.5. The Kier molecular flexibility index (Phi) is 5.43. The summed E-state index contributed by atoms with van der Waals surface area (Å²) in [6.07, 6.45) is 1.62. The van der Waals surface area contributed by atoms with Gasteiger partial charge in [0.05, 0.1) is 0 Å². The van der Waals surface area contributed by atoms with Gasteiger partial charge in [0.15, 0.2) is 5.78 Å². The molecule has 0 N–H and O–H groups in total. The van der Waals surface area contributed by atoms with Crippen LogP contribution in [0.3, 0.4) is 0 Å². The number of ketones is 1. The van der Waals surface area contributed by atoms with Crippen LogP contribution in [0.1, 0.15) is 39.3 Å². The predicted octanol–water partition coefficient (Wildman–Crippen LogP) is 4.54. The van der Waals surface area contributed by atoms with Crippen LogP contribution in [-0.4, -0.2) is 12.0 Å². The number of hydrogen-bond donors (Lipinski definition) is 0. The van der Waals surface area contributed by atoms with Crippen molar-refractivity contribution in [2.24, 2.45) is 4.99 Å². The summed E-state index contributed by atoms with van der Waals surface area (Å²) >= 11 is 6.07. The van der Waals surface area contributed by atoms with Crippen molar-refractivity contribution in [3.63, 3.8) is 0 Å². The average molecular weight is 282 g/mol. The molecule has 1 aromatic rings. The molecule has 0 aliphatic carbocycles. The van der Waals surface area contributed by atoms with E-state index >= 15 is 0 Å². The van der Waals surface area contributed by atoms with Gasteiger partial charge in [-0.15, -0.1) is 0 Å². The molecule has 0 fully saturated rings. The fourth-order valence-electron chi connectivity index (χ4n) is 2.00. The number of allylic oxidation sites excluding steroid dienone is 1. The first-order chi connectivity index (χ1) is 8.88. The van der Waals surface area contributed by atoms with Gasteiger partial charge in [0.1, 0.15) is 11.9 Å². The van der Waals surface area contributed by atoms with Gasteiger partial charge in [-0.1, -0.05) is 23.2 Å². The lowest BCUT2D eigenvalue weighted by Gasteiger charge is -2.18. The predicted molar refractivity (Wildman–Crippen MR) is 77.4 cm³/mol. The average Bonchev–Trinajstić information content (AvgIpc) is 2.27. The highest BCUT2D eigenvalue weighted by Gasteiger charge is 2.22. The van der Waals surface area contributed by atoms with E-state index in [-0.39, 0.29) is 10.8 Å². The lowest BCUT2D eigenvalue weighted by atomic mass is 9.93. The molecule has 19 heavy (non-hydrogen) atoms. The molecule has 0 spiro atoms. The Morgan fingerprint density at radius 2 is 2.00 bits per heavy atom. The van der Waals surface area contributed by atoms with Crippen LogP contribution in [-0.2, 0) is 4.79 Å². The van der Waals surface area contributed by atoms with Gasteiger partial charge in [-0.3, -0.25) is 9.79 Å². The van der Waals surface area contributed by atoms with Crippen molar-refractivity contribution >= 4 is 23.6 Å². The number of aliphatic imine (C=N–C) groups is 1. The largest absolute Gasteiger partial charge is 0.295 e. The molecule has 1 atom stereocenters. The molecule has 1 rings (SSSR count). The molecular formula is C15H17ClFNO. The second-order valence-electron chi connectivity index (χ2n) is 4.45. The van der Waals surface area contributed by atoms with Crippen molar-refractivity contribution < 1.29 is 9.18 Å². The Bertz CT molecular complexity index is 545. The summed E-state index contributed by atoms with van der Waals surface area (Å²) in [5.41, 5.74) is 2.10. The molecule has 2 nitrogen and oxygen atoms in total. The maximum atomic E-state index is 13.1. The van der Waals surface area contributed by atoms with Crippen LogP contribution in [0.15, 0.2) is 34.3 Å². The topological polar surface area (TPSA) is 29.4 Å². The van der Waals surface area contributed by atoms with Crippen molar-refractivity contribution in [3.05, 3.63) is 45.7 Å². The van der Waals surface area contributed by atoms with E-state index in [1.807, 2.05) is 13.8 Å². The first-order valence-electron chi connectivity index (χ1n) is 5.99. The second kappa shape index (κ2) is 6.62. The third-order valence-corrected chi connectivity index (χ3v) is 3.07. The number of carbonyl (C=O) groups is 1. The number of halogens is 2. The molecule has 0 amide bonds. The Hall–Kier alpha value is -1.48. The SMILES string of the molecule is CC=NC(C(C(C)=O)=C(C)C)c1ccc(F)cc1Cl. The molecule has 4 heteroatoms. The summed E-state index contributed by atoms with van der Waals surface area (Å²) in [4.78, 5) is 16.1. The van der Waals surface area contributed by atoms with Crippen LogP contribution >= 0.6 is 11.6 Å². The number of benzene rings is 1. The van der Waals surface area contributed by atoms with Gasteiger partial charge in [-0.25, -0.2) is 4.39 Å². The van der Waals surface area contributed by atoms with Crippen molar-refractivity contribution in [3.8, 4) is 0 Å². The number of carbonyl (C=O) groups excluding carboxylic acids is 1. The molecule has 1 aromatic carbocycles. The van der Waals surface area contributed by atoms with Gasteiger partial charge < -0.3 is 0 Å². The minimum Gasteiger partial charge on any atom is -0.295 e. The maximum absolute atomic E-state index is 13.1.